The van der Waals surface area contributed by atoms with Gasteiger partial charge in [-0.1, -0.05) is 6.92 Å². The summed E-state index contributed by atoms with van der Waals surface area (Å²) in [5, 5.41) is 0. The molecule has 2 heterocycles. The summed E-state index contributed by atoms with van der Waals surface area (Å²) in [6, 6.07) is 1.78. The average molecular weight is 218 g/mol. The molecule has 0 aliphatic rings. The van der Waals surface area contributed by atoms with Gasteiger partial charge in [0.1, 0.15) is 0 Å². The normalized spacial score (nSPS) is 10.6. The van der Waals surface area contributed by atoms with Gasteiger partial charge in [0.2, 0.25) is 0 Å². The van der Waals surface area contributed by atoms with Crippen LogP contribution in [0.5, 0.6) is 0 Å². The van der Waals surface area contributed by atoms with E-state index >= 15 is 0 Å². The number of carbonyl (C=O) groups is 1. The number of nitrogens with zero attached hydrogens (tertiary/aromatic N) is 2. The SMILES string of the molecule is CCCn1ccnc1C(=O)c1occc1C. The first-order valence-corrected chi connectivity index (χ1v) is 5.34. The Balaban J connectivity index is 2.34. The predicted molar refractivity (Wildman–Crippen MR) is 59.4 cm³/mol. The van der Waals surface area contributed by atoms with Gasteiger partial charge < -0.3 is 8.98 Å². The number of rotatable bonds is 4. The number of aromatic nitrogens is 2. The summed E-state index contributed by atoms with van der Waals surface area (Å²) in [5.74, 6) is 0.671. The number of hydrogen-bond donors (Lipinski definition) is 0. The van der Waals surface area contributed by atoms with Gasteiger partial charge in [0.15, 0.2) is 11.6 Å². The van der Waals surface area contributed by atoms with E-state index < -0.39 is 0 Å². The molecule has 0 spiro atoms. The highest BCUT2D eigenvalue weighted by Gasteiger charge is 2.19. The van der Waals surface area contributed by atoms with E-state index in [1.807, 2.05) is 17.7 Å². The summed E-state index contributed by atoms with van der Waals surface area (Å²) in [5.41, 5.74) is 0.844. The minimum atomic E-state index is -0.152. The first-order valence-electron chi connectivity index (χ1n) is 5.34. The Kier molecular flexibility index (Phi) is 2.90. The summed E-state index contributed by atoms with van der Waals surface area (Å²) in [7, 11) is 0. The van der Waals surface area contributed by atoms with Crippen LogP contribution in [0.2, 0.25) is 0 Å². The van der Waals surface area contributed by atoms with Gasteiger partial charge in [0.05, 0.1) is 6.26 Å². The fourth-order valence-corrected chi connectivity index (χ4v) is 1.65. The van der Waals surface area contributed by atoms with Crippen molar-refractivity contribution in [2.45, 2.75) is 26.8 Å². The molecule has 2 aromatic rings. The van der Waals surface area contributed by atoms with E-state index in [4.69, 9.17) is 4.42 Å². The zero-order valence-corrected chi connectivity index (χ0v) is 9.43. The summed E-state index contributed by atoms with van der Waals surface area (Å²) < 4.78 is 7.03. The molecule has 0 saturated carbocycles. The van der Waals surface area contributed by atoms with Crippen molar-refractivity contribution in [3.8, 4) is 0 Å². The van der Waals surface area contributed by atoms with Crippen LogP contribution in [0.3, 0.4) is 0 Å². The van der Waals surface area contributed by atoms with E-state index in [0.717, 1.165) is 18.5 Å². The molecular formula is C12H14N2O2. The zero-order chi connectivity index (χ0) is 11.5. The van der Waals surface area contributed by atoms with Crippen LogP contribution in [0.25, 0.3) is 0 Å². The first-order chi connectivity index (χ1) is 7.74. The Labute approximate surface area is 93.9 Å². The summed E-state index contributed by atoms with van der Waals surface area (Å²) in [6.07, 6.45) is 5.94. The molecule has 0 aromatic carbocycles. The average Bonchev–Trinajstić information content (AvgIpc) is 2.87. The molecule has 0 amide bonds. The van der Waals surface area contributed by atoms with Gasteiger partial charge in [0, 0.05) is 18.9 Å². The Morgan fingerprint density at radius 3 is 3.00 bits per heavy atom. The Hall–Kier alpha value is -1.84. The first kappa shape index (κ1) is 10.7. The number of hydrogen-bond acceptors (Lipinski definition) is 3. The zero-order valence-electron chi connectivity index (χ0n) is 9.43. The van der Waals surface area contributed by atoms with E-state index in [1.165, 1.54) is 6.26 Å². The molecule has 4 heteroatoms. The number of imidazole rings is 1. The van der Waals surface area contributed by atoms with Crippen LogP contribution >= 0.6 is 0 Å². The van der Waals surface area contributed by atoms with Crippen LogP contribution < -0.4 is 0 Å². The monoisotopic (exact) mass is 218 g/mol. The molecule has 2 rings (SSSR count). The highest BCUT2D eigenvalue weighted by Crippen LogP contribution is 2.14. The predicted octanol–water partition coefficient (Wildman–Crippen LogP) is 2.43. The second-order valence-corrected chi connectivity index (χ2v) is 3.71. The lowest BCUT2D eigenvalue weighted by atomic mass is 10.2. The fourth-order valence-electron chi connectivity index (χ4n) is 1.65. The molecule has 0 unspecified atom stereocenters. The highest BCUT2D eigenvalue weighted by atomic mass is 16.3. The molecule has 0 radical (unpaired) electrons. The molecule has 0 aliphatic heterocycles. The molecule has 0 atom stereocenters. The lowest BCUT2D eigenvalue weighted by molar-refractivity contribution is 0.0994. The van der Waals surface area contributed by atoms with Gasteiger partial charge in [-0.25, -0.2) is 4.98 Å². The highest BCUT2D eigenvalue weighted by molar-refractivity contribution is 6.05. The lowest BCUT2D eigenvalue weighted by Crippen LogP contribution is -2.11. The van der Waals surface area contributed by atoms with Gasteiger partial charge in [-0.05, 0) is 25.0 Å². The second-order valence-electron chi connectivity index (χ2n) is 3.71. The van der Waals surface area contributed by atoms with Crippen molar-refractivity contribution in [1.82, 2.24) is 9.55 Å². The van der Waals surface area contributed by atoms with Crippen molar-refractivity contribution in [2.24, 2.45) is 0 Å². The molecule has 4 nitrogen and oxygen atoms in total. The molecule has 0 N–H and O–H groups in total. The van der Waals surface area contributed by atoms with Gasteiger partial charge in [0.25, 0.3) is 5.78 Å². The van der Waals surface area contributed by atoms with E-state index in [0.29, 0.717) is 11.6 Å². The molecule has 0 saturated heterocycles. The van der Waals surface area contributed by atoms with E-state index in [2.05, 4.69) is 11.9 Å². The smallest absolute Gasteiger partial charge is 0.263 e. The van der Waals surface area contributed by atoms with Gasteiger partial charge in [-0.2, -0.15) is 0 Å². The van der Waals surface area contributed by atoms with Crippen LogP contribution in [0, 0.1) is 6.92 Å². The van der Waals surface area contributed by atoms with Gasteiger partial charge >= 0.3 is 0 Å². The van der Waals surface area contributed by atoms with Crippen molar-refractivity contribution >= 4 is 5.78 Å². The Morgan fingerprint density at radius 2 is 2.38 bits per heavy atom. The van der Waals surface area contributed by atoms with Crippen molar-refractivity contribution in [1.29, 1.82) is 0 Å². The van der Waals surface area contributed by atoms with Crippen molar-refractivity contribution in [3.05, 3.63) is 41.9 Å². The number of aryl methyl sites for hydroxylation is 2. The maximum atomic E-state index is 12.1. The molecule has 0 aliphatic carbocycles. The summed E-state index contributed by atoms with van der Waals surface area (Å²) >= 11 is 0. The quantitative estimate of drug-likeness (QED) is 0.740. The van der Waals surface area contributed by atoms with Crippen LogP contribution in [-0.2, 0) is 6.54 Å². The van der Waals surface area contributed by atoms with E-state index in [-0.39, 0.29) is 5.78 Å². The molecular weight excluding hydrogens is 204 g/mol. The van der Waals surface area contributed by atoms with Crippen LogP contribution in [0.1, 0.15) is 35.3 Å². The summed E-state index contributed by atoms with van der Waals surface area (Å²) in [4.78, 5) is 16.2. The lowest BCUT2D eigenvalue weighted by Gasteiger charge is -2.03. The molecule has 0 fully saturated rings. The Morgan fingerprint density at radius 1 is 1.56 bits per heavy atom. The third-order valence-corrected chi connectivity index (χ3v) is 2.45. The maximum absolute atomic E-state index is 12.1. The largest absolute Gasteiger partial charge is 0.460 e. The van der Waals surface area contributed by atoms with Crippen LogP contribution in [0.15, 0.2) is 29.1 Å². The van der Waals surface area contributed by atoms with Crippen molar-refractivity contribution < 1.29 is 9.21 Å². The molecule has 2 aromatic heterocycles. The molecule has 84 valence electrons. The van der Waals surface area contributed by atoms with E-state index in [1.54, 1.807) is 12.3 Å². The molecule has 0 bridgehead atoms. The van der Waals surface area contributed by atoms with Crippen LogP contribution in [-0.4, -0.2) is 15.3 Å². The third-order valence-electron chi connectivity index (χ3n) is 2.45. The fraction of sp³-hybridized carbons (Fsp3) is 0.333. The number of ketones is 1. The minimum absolute atomic E-state index is 0.152. The van der Waals surface area contributed by atoms with Gasteiger partial charge in [-0.3, -0.25) is 4.79 Å². The summed E-state index contributed by atoms with van der Waals surface area (Å²) in [6.45, 7) is 4.71. The minimum Gasteiger partial charge on any atom is -0.460 e. The second kappa shape index (κ2) is 4.35. The standard InChI is InChI=1S/C12H14N2O2/c1-3-6-14-7-5-13-12(14)10(15)11-9(2)4-8-16-11/h4-5,7-8H,3,6H2,1-2H3. The number of furan rings is 1. The molecule has 16 heavy (non-hydrogen) atoms. The topological polar surface area (TPSA) is 48.0 Å². The maximum Gasteiger partial charge on any atom is 0.263 e. The van der Waals surface area contributed by atoms with Crippen molar-refractivity contribution in [3.63, 3.8) is 0 Å². The van der Waals surface area contributed by atoms with E-state index in [9.17, 15) is 4.79 Å². The van der Waals surface area contributed by atoms with Gasteiger partial charge in [-0.15, -0.1) is 0 Å². The van der Waals surface area contributed by atoms with Crippen molar-refractivity contribution in [2.75, 3.05) is 0 Å². The number of carbonyl (C=O) groups excluding carboxylic acids is 1. The van der Waals surface area contributed by atoms with Crippen LogP contribution in [0.4, 0.5) is 0 Å². The third kappa shape index (κ3) is 1.78. The Bertz CT molecular complexity index is 497.